The third-order valence-electron chi connectivity index (χ3n) is 2.76. The summed E-state index contributed by atoms with van der Waals surface area (Å²) in [6.07, 6.45) is 4.96. The molecule has 0 spiro atoms. The third kappa shape index (κ3) is 6.26. The van der Waals surface area contributed by atoms with E-state index < -0.39 is 6.04 Å². The van der Waals surface area contributed by atoms with Gasteiger partial charge in [-0.3, -0.25) is 9.59 Å². The van der Waals surface area contributed by atoms with Gasteiger partial charge < -0.3 is 16.4 Å². The molecular weight excluding hydrogens is 218 g/mol. The second-order valence-corrected chi connectivity index (χ2v) is 4.63. The molecule has 5 heteroatoms. The van der Waals surface area contributed by atoms with Gasteiger partial charge in [0, 0.05) is 19.0 Å². The SMILES string of the molecule is CCC[C@H](N)C(=O)NCCCC(=O)NC1CC1. The number of hydrogen-bond acceptors (Lipinski definition) is 3. The van der Waals surface area contributed by atoms with Crippen LogP contribution in [0.2, 0.25) is 0 Å². The van der Waals surface area contributed by atoms with Gasteiger partial charge in [0.05, 0.1) is 6.04 Å². The molecule has 1 fully saturated rings. The molecule has 0 radical (unpaired) electrons. The van der Waals surface area contributed by atoms with Crippen LogP contribution >= 0.6 is 0 Å². The smallest absolute Gasteiger partial charge is 0.236 e. The highest BCUT2D eigenvalue weighted by atomic mass is 16.2. The van der Waals surface area contributed by atoms with Crippen LogP contribution in [0, 0.1) is 0 Å². The van der Waals surface area contributed by atoms with Crippen LogP contribution in [-0.4, -0.2) is 30.4 Å². The van der Waals surface area contributed by atoms with E-state index in [4.69, 9.17) is 5.73 Å². The summed E-state index contributed by atoms with van der Waals surface area (Å²) in [5.74, 6) is -0.0333. The van der Waals surface area contributed by atoms with Crippen molar-refractivity contribution in [3.63, 3.8) is 0 Å². The van der Waals surface area contributed by atoms with Gasteiger partial charge in [0.25, 0.3) is 0 Å². The van der Waals surface area contributed by atoms with Gasteiger partial charge in [-0.25, -0.2) is 0 Å². The summed E-state index contributed by atoms with van der Waals surface area (Å²) >= 11 is 0. The molecule has 1 rings (SSSR count). The van der Waals surface area contributed by atoms with Gasteiger partial charge >= 0.3 is 0 Å². The first-order valence-electron chi connectivity index (χ1n) is 6.46. The largest absolute Gasteiger partial charge is 0.355 e. The van der Waals surface area contributed by atoms with Gasteiger partial charge in [-0.15, -0.1) is 0 Å². The van der Waals surface area contributed by atoms with Crippen LogP contribution in [0.25, 0.3) is 0 Å². The van der Waals surface area contributed by atoms with E-state index in [-0.39, 0.29) is 11.8 Å². The van der Waals surface area contributed by atoms with Crippen LogP contribution in [-0.2, 0) is 9.59 Å². The lowest BCUT2D eigenvalue weighted by molar-refractivity contribution is -0.123. The molecule has 1 atom stereocenters. The lowest BCUT2D eigenvalue weighted by Gasteiger charge is -2.10. The highest BCUT2D eigenvalue weighted by molar-refractivity contribution is 5.81. The predicted molar refractivity (Wildman–Crippen MR) is 66.3 cm³/mol. The standard InChI is InChI=1S/C12H23N3O2/c1-2-4-10(13)12(17)14-8-3-5-11(16)15-9-6-7-9/h9-10H,2-8,13H2,1H3,(H,14,17)(H,15,16)/t10-/m0/s1. The molecule has 98 valence electrons. The van der Waals surface area contributed by atoms with Crippen LogP contribution in [0.5, 0.6) is 0 Å². The number of carbonyl (C=O) groups is 2. The average Bonchev–Trinajstić information content (AvgIpc) is 3.08. The molecular formula is C12H23N3O2. The average molecular weight is 241 g/mol. The molecule has 1 aliphatic rings. The zero-order valence-corrected chi connectivity index (χ0v) is 10.5. The molecule has 0 heterocycles. The minimum atomic E-state index is -0.416. The molecule has 0 aromatic carbocycles. The zero-order chi connectivity index (χ0) is 12.7. The summed E-state index contributed by atoms with van der Waals surface area (Å²) in [5.41, 5.74) is 5.65. The molecule has 0 aliphatic heterocycles. The van der Waals surface area contributed by atoms with E-state index in [1.165, 1.54) is 0 Å². The maximum atomic E-state index is 11.4. The summed E-state index contributed by atoms with van der Waals surface area (Å²) < 4.78 is 0. The Balaban J connectivity index is 1.98. The summed E-state index contributed by atoms with van der Waals surface area (Å²) in [7, 11) is 0. The van der Waals surface area contributed by atoms with Crippen molar-refractivity contribution in [2.24, 2.45) is 5.73 Å². The van der Waals surface area contributed by atoms with E-state index in [0.717, 1.165) is 19.3 Å². The first-order valence-corrected chi connectivity index (χ1v) is 6.46. The van der Waals surface area contributed by atoms with E-state index >= 15 is 0 Å². The van der Waals surface area contributed by atoms with E-state index in [0.29, 0.717) is 31.8 Å². The fourth-order valence-corrected chi connectivity index (χ4v) is 1.56. The topological polar surface area (TPSA) is 84.2 Å². The molecule has 2 amide bonds. The molecule has 0 saturated heterocycles. The number of amides is 2. The zero-order valence-electron chi connectivity index (χ0n) is 10.5. The quantitative estimate of drug-likeness (QED) is 0.534. The molecule has 0 bridgehead atoms. The Labute approximate surface area is 103 Å². The monoisotopic (exact) mass is 241 g/mol. The van der Waals surface area contributed by atoms with Crippen LogP contribution < -0.4 is 16.4 Å². The molecule has 1 aliphatic carbocycles. The van der Waals surface area contributed by atoms with E-state index in [1.54, 1.807) is 0 Å². The fraction of sp³-hybridized carbons (Fsp3) is 0.833. The second-order valence-electron chi connectivity index (χ2n) is 4.63. The fourth-order valence-electron chi connectivity index (χ4n) is 1.56. The highest BCUT2D eigenvalue weighted by Gasteiger charge is 2.22. The van der Waals surface area contributed by atoms with Crippen molar-refractivity contribution in [2.75, 3.05) is 6.54 Å². The molecule has 5 nitrogen and oxygen atoms in total. The number of carbonyl (C=O) groups excluding carboxylic acids is 2. The number of hydrogen-bond donors (Lipinski definition) is 3. The Morgan fingerprint density at radius 1 is 1.41 bits per heavy atom. The summed E-state index contributed by atoms with van der Waals surface area (Å²) in [6.45, 7) is 2.52. The molecule has 0 unspecified atom stereocenters. The predicted octanol–water partition coefficient (Wildman–Crippen LogP) is 0.289. The van der Waals surface area contributed by atoms with Crippen LogP contribution in [0.15, 0.2) is 0 Å². The summed E-state index contributed by atoms with van der Waals surface area (Å²) in [4.78, 5) is 22.8. The van der Waals surface area contributed by atoms with Gasteiger partial charge in [-0.1, -0.05) is 13.3 Å². The lowest BCUT2D eigenvalue weighted by atomic mass is 10.1. The van der Waals surface area contributed by atoms with Gasteiger partial charge in [-0.2, -0.15) is 0 Å². The maximum Gasteiger partial charge on any atom is 0.236 e. The van der Waals surface area contributed by atoms with Crippen LogP contribution in [0.3, 0.4) is 0 Å². The normalized spacial score (nSPS) is 16.4. The van der Waals surface area contributed by atoms with Crippen molar-refractivity contribution in [1.29, 1.82) is 0 Å². The van der Waals surface area contributed by atoms with Crippen LogP contribution in [0.4, 0.5) is 0 Å². The Morgan fingerprint density at radius 3 is 2.71 bits per heavy atom. The van der Waals surface area contributed by atoms with Crippen LogP contribution in [0.1, 0.15) is 45.4 Å². The highest BCUT2D eigenvalue weighted by Crippen LogP contribution is 2.18. The van der Waals surface area contributed by atoms with Crippen molar-refractivity contribution in [3.05, 3.63) is 0 Å². The number of nitrogens with two attached hydrogens (primary N) is 1. The maximum absolute atomic E-state index is 11.4. The van der Waals surface area contributed by atoms with E-state index in [1.807, 2.05) is 6.92 Å². The van der Waals surface area contributed by atoms with Crippen molar-refractivity contribution in [2.45, 2.75) is 57.5 Å². The molecule has 0 aromatic rings. The van der Waals surface area contributed by atoms with Gasteiger partial charge in [0.2, 0.25) is 11.8 Å². The van der Waals surface area contributed by atoms with Crippen molar-refractivity contribution >= 4 is 11.8 Å². The summed E-state index contributed by atoms with van der Waals surface area (Å²) in [6, 6.07) is -0.00430. The van der Waals surface area contributed by atoms with E-state index in [2.05, 4.69) is 10.6 Å². The van der Waals surface area contributed by atoms with Crippen molar-refractivity contribution in [1.82, 2.24) is 10.6 Å². The Hall–Kier alpha value is -1.10. The van der Waals surface area contributed by atoms with Gasteiger partial charge in [-0.05, 0) is 25.7 Å². The number of rotatable bonds is 8. The Bertz CT molecular complexity index is 264. The Morgan fingerprint density at radius 2 is 2.12 bits per heavy atom. The summed E-state index contributed by atoms with van der Waals surface area (Å²) in [5, 5.41) is 5.66. The van der Waals surface area contributed by atoms with Crippen molar-refractivity contribution in [3.8, 4) is 0 Å². The molecule has 4 N–H and O–H groups in total. The minimum Gasteiger partial charge on any atom is -0.355 e. The van der Waals surface area contributed by atoms with Gasteiger partial charge in [0.15, 0.2) is 0 Å². The van der Waals surface area contributed by atoms with E-state index in [9.17, 15) is 9.59 Å². The lowest BCUT2D eigenvalue weighted by Crippen LogP contribution is -2.41. The molecule has 17 heavy (non-hydrogen) atoms. The Kier molecular flexibility index (Phi) is 5.97. The molecule has 0 aromatic heterocycles. The van der Waals surface area contributed by atoms with Crippen molar-refractivity contribution < 1.29 is 9.59 Å². The van der Waals surface area contributed by atoms with Gasteiger partial charge in [0.1, 0.15) is 0 Å². The molecule has 1 saturated carbocycles. The second kappa shape index (κ2) is 7.27. The number of nitrogens with one attached hydrogen (secondary N) is 2. The first-order chi connectivity index (χ1) is 8.13. The minimum absolute atomic E-state index is 0.0830. The first kappa shape index (κ1) is 14.0. The third-order valence-corrected chi connectivity index (χ3v) is 2.76.